The summed E-state index contributed by atoms with van der Waals surface area (Å²) in [6.45, 7) is 5.57. The van der Waals surface area contributed by atoms with Crippen LogP contribution >= 0.6 is 0 Å². The molecule has 10 heteroatoms. The number of anilines is 1. The van der Waals surface area contributed by atoms with Crippen LogP contribution in [-0.4, -0.2) is 68.8 Å². The summed E-state index contributed by atoms with van der Waals surface area (Å²) < 4.78 is 6.10. The molecule has 222 valence electrons. The molecule has 1 saturated carbocycles. The number of nitrogens with zero attached hydrogens (tertiary/aromatic N) is 3. The van der Waals surface area contributed by atoms with Crippen molar-refractivity contribution in [3.05, 3.63) is 59.3 Å². The van der Waals surface area contributed by atoms with E-state index >= 15 is 0 Å². The molecular weight excluding hydrogens is 532 g/mol. The lowest BCUT2D eigenvalue weighted by molar-refractivity contribution is -0.163. The number of carbonyl (C=O) groups is 3. The molecule has 0 bridgehead atoms. The number of hydrogen-bond donors (Lipinski definition) is 3. The van der Waals surface area contributed by atoms with Gasteiger partial charge >= 0.3 is 18.0 Å². The zero-order valence-corrected chi connectivity index (χ0v) is 24.4. The Balaban J connectivity index is 1.12. The second kappa shape index (κ2) is 11.7. The lowest BCUT2D eigenvalue weighted by Crippen LogP contribution is -2.55. The van der Waals surface area contributed by atoms with E-state index in [1.54, 1.807) is 11.1 Å². The van der Waals surface area contributed by atoms with Crippen LogP contribution in [0.4, 0.5) is 15.3 Å². The molecule has 3 aromatic rings. The molecule has 1 unspecified atom stereocenters. The Bertz CT molecular complexity index is 1470. The number of aromatic amines is 1. The highest BCUT2D eigenvalue weighted by atomic mass is 16.6. The van der Waals surface area contributed by atoms with Gasteiger partial charge in [-0.2, -0.15) is 5.10 Å². The van der Waals surface area contributed by atoms with E-state index in [-0.39, 0.29) is 18.1 Å². The van der Waals surface area contributed by atoms with Gasteiger partial charge < -0.3 is 25.2 Å². The molecule has 1 saturated heterocycles. The summed E-state index contributed by atoms with van der Waals surface area (Å²) in [4.78, 5) is 43.6. The first-order chi connectivity index (χ1) is 20.3. The molecule has 2 aromatic carbocycles. The Labute approximate surface area is 246 Å². The molecule has 3 N–H and O–H groups in total. The molecule has 3 heterocycles. The largest absolute Gasteiger partial charge is 0.458 e. The lowest BCUT2D eigenvalue weighted by Gasteiger charge is -2.41. The van der Waals surface area contributed by atoms with Crippen LogP contribution in [0.2, 0.25) is 0 Å². The Morgan fingerprint density at radius 1 is 1.14 bits per heavy atom. The van der Waals surface area contributed by atoms with Crippen LogP contribution in [-0.2, 0) is 22.5 Å². The molecule has 3 aliphatic rings. The quantitative estimate of drug-likeness (QED) is 0.348. The molecule has 42 heavy (non-hydrogen) atoms. The number of rotatable bonds is 6. The fourth-order valence-corrected chi connectivity index (χ4v) is 6.71. The zero-order valence-electron chi connectivity index (χ0n) is 24.4. The first-order valence-corrected chi connectivity index (χ1v) is 15.1. The van der Waals surface area contributed by atoms with Gasteiger partial charge in [0.25, 0.3) is 0 Å². The molecule has 0 spiro atoms. The molecule has 6 rings (SSSR count). The predicted molar refractivity (Wildman–Crippen MR) is 160 cm³/mol. The number of para-hydroxylation sites is 1. The van der Waals surface area contributed by atoms with Crippen molar-refractivity contribution in [3.63, 3.8) is 0 Å². The smallest absolute Gasteiger partial charge is 0.329 e. The van der Waals surface area contributed by atoms with Crippen molar-refractivity contribution in [2.45, 2.75) is 89.4 Å². The number of carbonyl (C=O) groups excluding carboxylic acids is 3. The molecule has 10 nitrogen and oxygen atoms in total. The average molecular weight is 573 g/mol. The Hall–Kier alpha value is -4.08. The first-order valence-electron chi connectivity index (χ1n) is 15.1. The van der Waals surface area contributed by atoms with Crippen molar-refractivity contribution in [1.82, 2.24) is 25.3 Å². The minimum atomic E-state index is -0.818. The van der Waals surface area contributed by atoms with E-state index in [2.05, 4.69) is 20.8 Å². The highest BCUT2D eigenvalue weighted by molar-refractivity contribution is 5.92. The molecule has 1 aromatic heterocycles. The molecule has 1 aliphatic carbocycles. The summed E-state index contributed by atoms with van der Waals surface area (Å²) in [5, 5.41) is 14.1. The summed E-state index contributed by atoms with van der Waals surface area (Å²) >= 11 is 0. The van der Waals surface area contributed by atoms with Crippen LogP contribution in [0.15, 0.2) is 42.6 Å². The van der Waals surface area contributed by atoms with Crippen LogP contribution in [0, 0.1) is 6.92 Å². The zero-order chi connectivity index (χ0) is 29.3. The number of nitrogens with one attached hydrogen (secondary N) is 3. The summed E-state index contributed by atoms with van der Waals surface area (Å²) in [6.07, 6.45) is 8.33. The van der Waals surface area contributed by atoms with Crippen LogP contribution in [0.5, 0.6) is 0 Å². The molecule has 4 amide bonds. The molecule has 0 radical (unpaired) electrons. The number of benzene rings is 2. The highest BCUT2D eigenvalue weighted by Crippen LogP contribution is 2.32. The van der Waals surface area contributed by atoms with Gasteiger partial charge in [0.15, 0.2) is 0 Å². The number of hydrogen-bond acceptors (Lipinski definition) is 5. The Morgan fingerprint density at radius 2 is 1.90 bits per heavy atom. The maximum Gasteiger partial charge on any atom is 0.329 e. The Kier molecular flexibility index (Phi) is 7.79. The van der Waals surface area contributed by atoms with E-state index in [1.165, 1.54) is 0 Å². The summed E-state index contributed by atoms with van der Waals surface area (Å²) in [7, 11) is 0. The average Bonchev–Trinajstić information content (AvgIpc) is 3.46. The second-order valence-electron chi connectivity index (χ2n) is 12.3. The predicted octanol–water partition coefficient (Wildman–Crippen LogP) is 5.27. The Morgan fingerprint density at radius 3 is 2.69 bits per heavy atom. The third-order valence-electron chi connectivity index (χ3n) is 9.14. The van der Waals surface area contributed by atoms with Gasteiger partial charge in [-0.15, -0.1) is 0 Å². The van der Waals surface area contributed by atoms with Gasteiger partial charge in [-0.25, -0.2) is 14.4 Å². The number of fused-ring (bicyclic) bond motifs is 2. The van der Waals surface area contributed by atoms with Gasteiger partial charge in [0.1, 0.15) is 11.6 Å². The van der Waals surface area contributed by atoms with Crippen molar-refractivity contribution in [3.8, 4) is 0 Å². The van der Waals surface area contributed by atoms with E-state index in [4.69, 9.17) is 4.74 Å². The van der Waals surface area contributed by atoms with Crippen LogP contribution < -0.4 is 10.6 Å². The van der Waals surface area contributed by atoms with E-state index < -0.39 is 17.6 Å². The van der Waals surface area contributed by atoms with Gasteiger partial charge in [0.05, 0.1) is 11.7 Å². The van der Waals surface area contributed by atoms with Crippen LogP contribution in [0.3, 0.4) is 0 Å². The monoisotopic (exact) mass is 572 g/mol. The van der Waals surface area contributed by atoms with Gasteiger partial charge in [-0.05, 0) is 81.2 Å². The number of amides is 4. The van der Waals surface area contributed by atoms with Crippen LogP contribution in [0.25, 0.3) is 10.9 Å². The maximum atomic E-state index is 13.6. The normalized spacial score (nSPS) is 19.6. The molecular formula is C32H40N6O4. The number of ether oxygens (including phenoxy) is 1. The van der Waals surface area contributed by atoms with Crippen molar-refractivity contribution < 1.29 is 19.1 Å². The number of H-pyrrole nitrogens is 1. The third kappa shape index (κ3) is 5.93. The third-order valence-corrected chi connectivity index (χ3v) is 9.14. The summed E-state index contributed by atoms with van der Waals surface area (Å²) in [6, 6.07) is 10.7. The number of aryl methyl sites for hydroxylation is 1. The molecule has 2 fully saturated rings. The van der Waals surface area contributed by atoms with Gasteiger partial charge in [0, 0.05) is 43.2 Å². The topological polar surface area (TPSA) is 120 Å². The number of aromatic nitrogens is 2. The fraction of sp³-hybridized carbons (Fsp3) is 0.500. The van der Waals surface area contributed by atoms with E-state index in [0.29, 0.717) is 38.9 Å². The SMILES string of the molecule is Cc1cc(CC(NC(=O)N2CCC(N3Cc4ccccc4NC3=O)CC2)C(=O)OC2(C)CCCCC2)cc2cn[nH]c12. The highest BCUT2D eigenvalue weighted by Gasteiger charge is 2.36. The van der Waals surface area contributed by atoms with Gasteiger partial charge in [0.2, 0.25) is 0 Å². The minimum Gasteiger partial charge on any atom is -0.458 e. The fourth-order valence-electron chi connectivity index (χ4n) is 6.71. The molecule has 2 aliphatic heterocycles. The number of piperidine rings is 1. The van der Waals surface area contributed by atoms with Crippen molar-refractivity contribution in [1.29, 1.82) is 0 Å². The maximum absolute atomic E-state index is 13.6. The van der Waals surface area contributed by atoms with Crippen molar-refractivity contribution in [2.24, 2.45) is 0 Å². The van der Waals surface area contributed by atoms with Crippen molar-refractivity contribution >= 4 is 34.6 Å². The standard InChI is InChI=1S/C32H40N6O4/c1-21-16-22(17-24-19-33-36-28(21)24)18-27(29(39)42-32(2)12-6-3-7-13-32)35-30(40)37-14-10-25(11-15-37)38-20-23-8-4-5-9-26(23)34-31(38)41/h4-5,8-9,16-17,19,25,27H,3,6-7,10-15,18,20H2,1-2H3,(H,33,36)(H,34,41)(H,35,40). The van der Waals surface area contributed by atoms with Crippen molar-refractivity contribution in [2.75, 3.05) is 18.4 Å². The lowest BCUT2D eigenvalue weighted by atomic mass is 9.86. The second-order valence-corrected chi connectivity index (χ2v) is 12.3. The van der Waals surface area contributed by atoms with E-state index in [0.717, 1.165) is 65.4 Å². The minimum absolute atomic E-state index is 0.0408. The number of esters is 1. The molecule has 1 atom stereocenters. The number of likely N-dealkylation sites (tertiary alicyclic amines) is 1. The first kappa shape index (κ1) is 28.1. The van der Waals surface area contributed by atoms with Crippen LogP contribution in [0.1, 0.15) is 68.6 Å². The van der Waals surface area contributed by atoms with E-state index in [9.17, 15) is 14.4 Å². The van der Waals surface area contributed by atoms with E-state index in [1.807, 2.05) is 55.1 Å². The summed E-state index contributed by atoms with van der Waals surface area (Å²) in [5.74, 6) is -0.392. The summed E-state index contributed by atoms with van der Waals surface area (Å²) in [5.41, 5.74) is 4.38. The van der Waals surface area contributed by atoms with Gasteiger partial charge in [-0.3, -0.25) is 5.10 Å². The number of urea groups is 2. The van der Waals surface area contributed by atoms with Gasteiger partial charge in [-0.1, -0.05) is 30.7 Å².